The van der Waals surface area contributed by atoms with Crippen LogP contribution in [0.1, 0.15) is 0 Å². The Labute approximate surface area is 111 Å². The quantitative estimate of drug-likeness (QED) is 0.520. The zero-order valence-electron chi connectivity index (χ0n) is 9.74. The third kappa shape index (κ3) is 1.57. The maximum Gasteiger partial charge on any atom is 0.358 e. The van der Waals surface area contributed by atoms with Gasteiger partial charge in [0.25, 0.3) is 0 Å². The minimum Gasteiger partial charge on any atom is -0.508 e. The summed E-state index contributed by atoms with van der Waals surface area (Å²) in [6.07, 6.45) is 5.55. The lowest BCUT2D eigenvalue weighted by atomic mass is 10.3. The second-order valence-electron chi connectivity index (χ2n) is 4.17. The molecule has 0 fully saturated rings. The second-order valence-corrected chi connectivity index (χ2v) is 5.20. The van der Waals surface area contributed by atoms with Gasteiger partial charge in [0.15, 0.2) is 0 Å². The Bertz CT molecular complexity index is 896. The predicted octanol–water partition coefficient (Wildman–Crippen LogP) is 2.13. The van der Waals surface area contributed by atoms with Gasteiger partial charge in [-0.25, -0.2) is 10.1 Å². The van der Waals surface area contributed by atoms with E-state index in [1.807, 2.05) is 29.0 Å². The number of nitrogens with one attached hydrogen (secondary N) is 1. The predicted molar refractivity (Wildman–Crippen MR) is 72.0 cm³/mol. The van der Waals surface area contributed by atoms with Gasteiger partial charge in [0, 0.05) is 6.07 Å². The zero-order chi connectivity index (χ0) is 12.8. The van der Waals surface area contributed by atoms with Gasteiger partial charge in [-0.3, -0.25) is 0 Å². The first kappa shape index (κ1) is 10.5. The Hall–Kier alpha value is -2.47. The Morgan fingerprint density at radius 2 is 2.26 bits per heavy atom. The third-order valence-electron chi connectivity index (χ3n) is 2.94. The van der Waals surface area contributed by atoms with E-state index in [2.05, 4.69) is 15.1 Å². The molecule has 19 heavy (non-hydrogen) atoms. The molecule has 6 heteroatoms. The Kier molecular flexibility index (Phi) is 2.07. The molecule has 0 aliphatic carbocycles. The number of aromatic amines is 1. The molecule has 0 bridgehead atoms. The molecule has 3 aromatic heterocycles. The van der Waals surface area contributed by atoms with Crippen LogP contribution in [0.25, 0.3) is 26.4 Å². The molecule has 0 aliphatic heterocycles. The van der Waals surface area contributed by atoms with E-state index in [9.17, 15) is 5.11 Å². The van der Waals surface area contributed by atoms with Crippen molar-refractivity contribution in [2.24, 2.45) is 0 Å². The van der Waals surface area contributed by atoms with Crippen LogP contribution in [0.5, 0.6) is 5.75 Å². The average Bonchev–Trinajstić information content (AvgIpc) is 3.00. The number of phenolic OH excluding ortho intramolecular Hbond substituents is 1. The summed E-state index contributed by atoms with van der Waals surface area (Å²) in [5, 5.41) is 13.5. The van der Waals surface area contributed by atoms with Crippen molar-refractivity contribution in [3.8, 4) is 16.3 Å². The lowest BCUT2D eigenvalue weighted by Gasteiger charge is -1.87. The molecule has 0 radical (unpaired) electrons. The number of fused-ring (bicyclic) bond motifs is 2. The topological polar surface area (TPSA) is 65.9 Å². The lowest BCUT2D eigenvalue weighted by Crippen LogP contribution is -2.22. The smallest absolute Gasteiger partial charge is 0.358 e. The van der Waals surface area contributed by atoms with Gasteiger partial charge in [0.05, 0.1) is 16.4 Å². The summed E-state index contributed by atoms with van der Waals surface area (Å²) in [7, 11) is 0. The standard InChI is InChI=1S/C13H8N4OS/c18-8-2-3-10-11(6-8)19-13(16-10)9-7-15-17-5-1-4-14-12(9)17/h1-7,18H/p+1. The fraction of sp³-hybridized carbons (Fsp3) is 0. The number of phenols is 1. The molecule has 0 atom stereocenters. The van der Waals surface area contributed by atoms with Crippen LogP contribution in [0.15, 0.2) is 42.9 Å². The van der Waals surface area contributed by atoms with Crippen LogP contribution in [0, 0.1) is 0 Å². The minimum absolute atomic E-state index is 0.258. The molecule has 0 unspecified atom stereocenters. The highest BCUT2D eigenvalue weighted by molar-refractivity contribution is 7.21. The van der Waals surface area contributed by atoms with E-state index in [1.54, 1.807) is 18.3 Å². The zero-order valence-corrected chi connectivity index (χ0v) is 10.6. The van der Waals surface area contributed by atoms with Crippen LogP contribution in [0.3, 0.4) is 0 Å². The van der Waals surface area contributed by atoms with Gasteiger partial charge in [-0.05, 0) is 23.2 Å². The first-order valence-corrected chi connectivity index (χ1v) is 6.56. The molecule has 0 saturated heterocycles. The third-order valence-corrected chi connectivity index (χ3v) is 3.99. The summed E-state index contributed by atoms with van der Waals surface area (Å²) in [5.74, 6) is 0.258. The molecular weight excluding hydrogens is 260 g/mol. The van der Waals surface area contributed by atoms with Crippen LogP contribution >= 0.6 is 11.3 Å². The van der Waals surface area contributed by atoms with E-state index in [-0.39, 0.29) is 5.75 Å². The van der Waals surface area contributed by atoms with Crippen molar-refractivity contribution in [3.05, 3.63) is 42.9 Å². The van der Waals surface area contributed by atoms with Crippen molar-refractivity contribution in [3.63, 3.8) is 0 Å². The van der Waals surface area contributed by atoms with Crippen molar-refractivity contribution in [2.45, 2.75) is 0 Å². The maximum absolute atomic E-state index is 9.50. The van der Waals surface area contributed by atoms with Crippen molar-refractivity contribution < 1.29 is 9.62 Å². The molecule has 4 aromatic rings. The van der Waals surface area contributed by atoms with Gasteiger partial charge in [0.2, 0.25) is 0 Å². The summed E-state index contributed by atoms with van der Waals surface area (Å²) in [5.41, 5.74) is 2.68. The first-order chi connectivity index (χ1) is 9.31. The number of aromatic hydroxyl groups is 1. The number of hydrogen-bond donors (Lipinski definition) is 2. The van der Waals surface area contributed by atoms with Crippen LogP contribution < -0.4 is 4.52 Å². The Morgan fingerprint density at radius 3 is 3.21 bits per heavy atom. The number of rotatable bonds is 1. The van der Waals surface area contributed by atoms with Gasteiger partial charge in [0.1, 0.15) is 28.7 Å². The van der Waals surface area contributed by atoms with Crippen molar-refractivity contribution >= 4 is 27.2 Å². The second kappa shape index (κ2) is 3.76. The highest BCUT2D eigenvalue weighted by Crippen LogP contribution is 2.32. The molecule has 4 rings (SSSR count). The van der Waals surface area contributed by atoms with Gasteiger partial charge in [-0.15, -0.1) is 15.9 Å². The van der Waals surface area contributed by atoms with Gasteiger partial charge < -0.3 is 5.11 Å². The highest BCUT2D eigenvalue weighted by Gasteiger charge is 2.17. The van der Waals surface area contributed by atoms with Crippen LogP contribution in [-0.2, 0) is 0 Å². The van der Waals surface area contributed by atoms with Crippen LogP contribution in [0.2, 0.25) is 0 Å². The number of hydrogen-bond acceptors (Lipinski definition) is 4. The van der Waals surface area contributed by atoms with Crippen molar-refractivity contribution in [2.75, 3.05) is 0 Å². The highest BCUT2D eigenvalue weighted by atomic mass is 32.1. The lowest BCUT2D eigenvalue weighted by molar-refractivity contribution is -0.578. The molecule has 2 N–H and O–H groups in total. The van der Waals surface area contributed by atoms with Crippen molar-refractivity contribution in [1.29, 1.82) is 0 Å². The van der Waals surface area contributed by atoms with Gasteiger partial charge in [-0.1, -0.05) is 0 Å². The summed E-state index contributed by atoms with van der Waals surface area (Å²) in [6.45, 7) is 0. The molecule has 0 saturated carbocycles. The molecule has 0 aliphatic rings. The molecule has 0 amide bonds. The SMILES string of the molecule is Oc1ccc2nc(-c3c[nH][n+]4cccnc34)sc2c1. The van der Waals surface area contributed by atoms with Crippen LogP contribution in [0.4, 0.5) is 0 Å². The largest absolute Gasteiger partial charge is 0.508 e. The molecule has 0 spiro atoms. The summed E-state index contributed by atoms with van der Waals surface area (Å²) < 4.78 is 2.81. The number of thiazole rings is 1. The Balaban J connectivity index is 1.99. The summed E-state index contributed by atoms with van der Waals surface area (Å²) >= 11 is 1.54. The maximum atomic E-state index is 9.50. The number of nitrogens with zero attached hydrogens (tertiary/aromatic N) is 3. The molecule has 92 valence electrons. The number of benzene rings is 1. The van der Waals surface area contributed by atoms with E-state index in [1.165, 1.54) is 11.3 Å². The average molecular weight is 269 g/mol. The fourth-order valence-electron chi connectivity index (χ4n) is 2.06. The molecular formula is C13H9N4OS+. The summed E-state index contributed by atoms with van der Waals surface area (Å²) in [6, 6.07) is 7.06. The fourth-order valence-corrected chi connectivity index (χ4v) is 3.07. The minimum atomic E-state index is 0.258. The number of H-pyrrole nitrogens is 1. The van der Waals surface area contributed by atoms with E-state index < -0.39 is 0 Å². The Morgan fingerprint density at radius 1 is 1.32 bits per heavy atom. The van der Waals surface area contributed by atoms with Gasteiger partial charge in [-0.2, -0.15) is 0 Å². The van der Waals surface area contributed by atoms with Gasteiger partial charge >= 0.3 is 5.65 Å². The van der Waals surface area contributed by atoms with E-state index in [0.29, 0.717) is 0 Å². The number of aromatic nitrogens is 4. The normalized spacial score (nSPS) is 11.4. The van der Waals surface area contributed by atoms with E-state index >= 15 is 0 Å². The molecule has 3 heterocycles. The molecule has 1 aromatic carbocycles. The van der Waals surface area contributed by atoms with E-state index in [0.717, 1.165) is 26.4 Å². The van der Waals surface area contributed by atoms with Crippen LogP contribution in [-0.4, -0.2) is 20.2 Å². The monoisotopic (exact) mass is 269 g/mol. The van der Waals surface area contributed by atoms with Crippen molar-refractivity contribution in [1.82, 2.24) is 15.1 Å². The van der Waals surface area contributed by atoms with E-state index in [4.69, 9.17) is 0 Å². The summed E-state index contributed by atoms with van der Waals surface area (Å²) in [4.78, 5) is 8.93. The first-order valence-electron chi connectivity index (χ1n) is 5.75. The molecule has 5 nitrogen and oxygen atoms in total.